The Bertz CT molecular complexity index is 1280. The SMILES string of the molecule is CN(C(=O)c1ccc(F)cc1)[C@@H](Cc1ccccc1)C(=O)Nc1ccc(SCc2ccccc2)nc1. The molecule has 0 aliphatic rings. The molecule has 1 heterocycles. The maximum absolute atomic E-state index is 13.3. The van der Waals surface area contributed by atoms with Crippen LogP contribution in [0.1, 0.15) is 21.5 Å². The Hall–Kier alpha value is -3.97. The highest BCUT2D eigenvalue weighted by molar-refractivity contribution is 7.98. The average Bonchev–Trinajstić information content (AvgIpc) is 2.92. The number of carbonyl (C=O) groups is 2. The van der Waals surface area contributed by atoms with Crippen molar-refractivity contribution in [1.29, 1.82) is 0 Å². The first-order valence-electron chi connectivity index (χ1n) is 11.5. The van der Waals surface area contributed by atoms with Gasteiger partial charge in [-0.2, -0.15) is 0 Å². The van der Waals surface area contributed by atoms with Crippen LogP contribution < -0.4 is 5.32 Å². The molecule has 1 N–H and O–H groups in total. The number of thioether (sulfide) groups is 1. The second kappa shape index (κ2) is 12.1. The number of aromatic nitrogens is 1. The van der Waals surface area contributed by atoms with E-state index in [9.17, 15) is 14.0 Å². The van der Waals surface area contributed by atoms with Crippen LogP contribution in [0.4, 0.5) is 10.1 Å². The number of carbonyl (C=O) groups excluding carboxylic acids is 2. The van der Waals surface area contributed by atoms with Crippen molar-refractivity contribution in [3.05, 3.63) is 126 Å². The van der Waals surface area contributed by atoms with Crippen molar-refractivity contribution in [2.75, 3.05) is 12.4 Å². The van der Waals surface area contributed by atoms with Gasteiger partial charge in [0.1, 0.15) is 11.9 Å². The van der Waals surface area contributed by atoms with E-state index in [1.807, 2.05) is 54.6 Å². The average molecular weight is 500 g/mol. The molecule has 0 bridgehead atoms. The molecule has 0 spiro atoms. The molecule has 1 aromatic heterocycles. The molecule has 7 heteroatoms. The second-order valence-electron chi connectivity index (χ2n) is 8.28. The summed E-state index contributed by atoms with van der Waals surface area (Å²) in [5.41, 5.74) is 2.98. The molecular weight excluding hydrogens is 473 g/mol. The number of amides is 2. The third kappa shape index (κ3) is 6.79. The topological polar surface area (TPSA) is 62.3 Å². The summed E-state index contributed by atoms with van der Waals surface area (Å²) in [6.07, 6.45) is 1.95. The largest absolute Gasteiger partial charge is 0.329 e. The Morgan fingerprint density at radius 3 is 2.14 bits per heavy atom. The minimum absolute atomic E-state index is 0.311. The van der Waals surface area contributed by atoms with Crippen molar-refractivity contribution in [2.24, 2.45) is 0 Å². The number of rotatable bonds is 9. The third-order valence-corrected chi connectivity index (χ3v) is 6.70. The Labute approximate surface area is 214 Å². The van der Waals surface area contributed by atoms with Gasteiger partial charge in [0.15, 0.2) is 0 Å². The lowest BCUT2D eigenvalue weighted by Gasteiger charge is -2.27. The van der Waals surface area contributed by atoms with Crippen molar-refractivity contribution in [3.63, 3.8) is 0 Å². The Morgan fingerprint density at radius 2 is 1.53 bits per heavy atom. The van der Waals surface area contributed by atoms with Gasteiger partial charge in [-0.1, -0.05) is 60.7 Å². The van der Waals surface area contributed by atoms with Crippen LogP contribution >= 0.6 is 11.8 Å². The number of anilines is 1. The molecular formula is C29H26FN3O2S. The fourth-order valence-corrected chi connectivity index (χ4v) is 4.48. The van der Waals surface area contributed by atoms with E-state index < -0.39 is 11.9 Å². The van der Waals surface area contributed by atoms with Gasteiger partial charge in [-0.3, -0.25) is 9.59 Å². The van der Waals surface area contributed by atoms with Crippen molar-refractivity contribution < 1.29 is 14.0 Å². The zero-order chi connectivity index (χ0) is 25.3. The summed E-state index contributed by atoms with van der Waals surface area (Å²) in [5, 5.41) is 3.74. The van der Waals surface area contributed by atoms with Gasteiger partial charge in [-0.25, -0.2) is 9.37 Å². The fourth-order valence-electron chi connectivity index (χ4n) is 3.68. The van der Waals surface area contributed by atoms with Crippen molar-refractivity contribution in [2.45, 2.75) is 23.2 Å². The summed E-state index contributed by atoms with van der Waals surface area (Å²) in [6, 6.07) is 27.8. The van der Waals surface area contributed by atoms with Crippen LogP contribution in [0, 0.1) is 5.82 Å². The summed E-state index contributed by atoms with van der Waals surface area (Å²) in [4.78, 5) is 32.3. The van der Waals surface area contributed by atoms with Gasteiger partial charge in [0.2, 0.25) is 5.91 Å². The molecule has 0 fully saturated rings. The molecule has 182 valence electrons. The lowest BCUT2D eigenvalue weighted by atomic mass is 10.0. The third-order valence-electron chi connectivity index (χ3n) is 5.69. The van der Waals surface area contributed by atoms with E-state index in [0.717, 1.165) is 16.3 Å². The molecule has 0 saturated heterocycles. The van der Waals surface area contributed by atoms with Gasteiger partial charge in [-0.05, 0) is 47.5 Å². The summed E-state index contributed by atoms with van der Waals surface area (Å²) in [5.74, 6) is -0.319. The molecule has 3 aromatic carbocycles. The molecule has 4 aromatic rings. The number of nitrogens with one attached hydrogen (secondary N) is 1. The normalized spacial score (nSPS) is 11.5. The lowest BCUT2D eigenvalue weighted by Crippen LogP contribution is -2.46. The Morgan fingerprint density at radius 1 is 0.889 bits per heavy atom. The molecule has 0 aliphatic heterocycles. The molecule has 2 amide bonds. The van der Waals surface area contributed by atoms with Crippen LogP contribution in [-0.2, 0) is 17.0 Å². The van der Waals surface area contributed by atoms with E-state index in [1.165, 1.54) is 34.7 Å². The quantitative estimate of drug-likeness (QED) is 0.294. The first-order chi connectivity index (χ1) is 17.5. The summed E-state index contributed by atoms with van der Waals surface area (Å²) in [7, 11) is 1.58. The van der Waals surface area contributed by atoms with Gasteiger partial charge in [-0.15, -0.1) is 11.8 Å². The zero-order valence-corrected chi connectivity index (χ0v) is 20.6. The summed E-state index contributed by atoms with van der Waals surface area (Å²) >= 11 is 1.61. The molecule has 5 nitrogen and oxygen atoms in total. The van der Waals surface area contributed by atoms with Gasteiger partial charge in [0, 0.05) is 24.8 Å². The van der Waals surface area contributed by atoms with Crippen LogP contribution in [0.3, 0.4) is 0 Å². The number of hydrogen-bond acceptors (Lipinski definition) is 4. The molecule has 4 rings (SSSR count). The van der Waals surface area contributed by atoms with Crippen LogP contribution in [0.2, 0.25) is 0 Å². The van der Waals surface area contributed by atoms with Crippen molar-refractivity contribution in [1.82, 2.24) is 9.88 Å². The van der Waals surface area contributed by atoms with E-state index in [2.05, 4.69) is 22.4 Å². The van der Waals surface area contributed by atoms with Crippen LogP contribution in [0.5, 0.6) is 0 Å². The maximum atomic E-state index is 13.3. The number of pyridine rings is 1. The number of benzene rings is 3. The van der Waals surface area contributed by atoms with Crippen molar-refractivity contribution >= 4 is 29.3 Å². The summed E-state index contributed by atoms with van der Waals surface area (Å²) < 4.78 is 13.3. The first kappa shape index (κ1) is 25.1. The molecule has 0 unspecified atom stereocenters. The minimum Gasteiger partial charge on any atom is -0.329 e. The van der Waals surface area contributed by atoms with E-state index >= 15 is 0 Å². The second-order valence-corrected chi connectivity index (χ2v) is 9.27. The van der Waals surface area contributed by atoms with E-state index in [0.29, 0.717) is 17.7 Å². The van der Waals surface area contributed by atoms with Gasteiger partial charge >= 0.3 is 0 Å². The lowest BCUT2D eigenvalue weighted by molar-refractivity contribution is -0.120. The van der Waals surface area contributed by atoms with Crippen LogP contribution in [-0.4, -0.2) is 34.8 Å². The standard InChI is InChI=1S/C29H26FN3O2S/c1-33(29(35)23-12-14-24(30)15-13-23)26(18-21-8-4-2-5-9-21)28(34)32-25-16-17-27(31-19-25)36-20-22-10-6-3-7-11-22/h2-17,19,26H,18,20H2,1H3,(H,32,34)/t26-/m0/s1. The highest BCUT2D eigenvalue weighted by atomic mass is 32.2. The fraction of sp³-hybridized carbons (Fsp3) is 0.138. The van der Waals surface area contributed by atoms with E-state index in [4.69, 9.17) is 0 Å². The van der Waals surface area contributed by atoms with Crippen LogP contribution in [0.15, 0.2) is 108 Å². The maximum Gasteiger partial charge on any atom is 0.254 e. The number of nitrogens with zero attached hydrogens (tertiary/aromatic N) is 2. The van der Waals surface area contributed by atoms with Gasteiger partial charge in [0.25, 0.3) is 5.91 Å². The highest BCUT2D eigenvalue weighted by Gasteiger charge is 2.28. The number of halogens is 1. The number of likely N-dealkylation sites (N-methyl/N-ethyl adjacent to an activating group) is 1. The minimum atomic E-state index is -0.780. The van der Waals surface area contributed by atoms with E-state index in [-0.39, 0.29) is 11.8 Å². The van der Waals surface area contributed by atoms with Crippen LogP contribution in [0.25, 0.3) is 0 Å². The Kier molecular flexibility index (Phi) is 8.47. The predicted molar refractivity (Wildman–Crippen MR) is 141 cm³/mol. The molecule has 0 radical (unpaired) electrons. The molecule has 0 saturated carbocycles. The number of hydrogen-bond donors (Lipinski definition) is 1. The molecule has 1 atom stereocenters. The monoisotopic (exact) mass is 499 g/mol. The van der Waals surface area contributed by atoms with E-state index in [1.54, 1.807) is 31.1 Å². The van der Waals surface area contributed by atoms with Gasteiger partial charge in [0.05, 0.1) is 16.9 Å². The van der Waals surface area contributed by atoms with Gasteiger partial charge < -0.3 is 10.2 Å². The predicted octanol–water partition coefficient (Wildman–Crippen LogP) is 5.84. The zero-order valence-electron chi connectivity index (χ0n) is 19.8. The molecule has 0 aliphatic carbocycles. The highest BCUT2D eigenvalue weighted by Crippen LogP contribution is 2.22. The molecule has 36 heavy (non-hydrogen) atoms. The Balaban J connectivity index is 1.46. The smallest absolute Gasteiger partial charge is 0.254 e. The first-order valence-corrected chi connectivity index (χ1v) is 12.5. The van der Waals surface area contributed by atoms with Crippen molar-refractivity contribution in [3.8, 4) is 0 Å². The summed E-state index contributed by atoms with van der Waals surface area (Å²) in [6.45, 7) is 0.